The van der Waals surface area contributed by atoms with Crippen LogP contribution >= 0.6 is 0 Å². The van der Waals surface area contributed by atoms with Gasteiger partial charge in [0.15, 0.2) is 0 Å². The van der Waals surface area contributed by atoms with Crippen LogP contribution in [-0.2, 0) is 4.79 Å². The van der Waals surface area contributed by atoms with Crippen LogP contribution in [0.3, 0.4) is 0 Å². The first kappa shape index (κ1) is 19.2. The Morgan fingerprint density at radius 1 is 1.21 bits per heavy atom. The van der Waals surface area contributed by atoms with Crippen LogP contribution in [0, 0.1) is 6.92 Å². The summed E-state index contributed by atoms with van der Waals surface area (Å²) in [5, 5.41) is 10.4. The lowest BCUT2D eigenvalue weighted by Crippen LogP contribution is -2.30. The first-order valence-corrected chi connectivity index (χ1v) is 9.70. The summed E-state index contributed by atoms with van der Waals surface area (Å²) < 4.78 is 1.67. The zero-order valence-corrected chi connectivity index (χ0v) is 16.4. The number of rotatable bonds is 3. The van der Waals surface area contributed by atoms with Gasteiger partial charge in [-0.1, -0.05) is 6.07 Å². The molecule has 1 aliphatic carbocycles. The summed E-state index contributed by atoms with van der Waals surface area (Å²) in [7, 11) is 0. The summed E-state index contributed by atoms with van der Waals surface area (Å²) in [6.45, 7) is 3.47. The van der Waals surface area contributed by atoms with Gasteiger partial charge >= 0.3 is 0 Å². The number of anilines is 1. The molecule has 8 nitrogen and oxygen atoms in total. The van der Waals surface area contributed by atoms with Crippen molar-refractivity contribution in [1.82, 2.24) is 19.5 Å². The van der Waals surface area contributed by atoms with Crippen molar-refractivity contribution in [3.8, 4) is 11.1 Å². The number of Topliss-reactive ketones (excluding diaryl/α,β-unsaturated/α-hetero) is 1. The molecule has 3 heterocycles. The number of fused-ring (bicyclic) bond motifs is 1. The topological polar surface area (TPSA) is 124 Å². The molecule has 0 aromatic carbocycles. The summed E-state index contributed by atoms with van der Waals surface area (Å²) in [5.74, 6) is 0.337. The minimum atomic E-state index is -0.685. The molecule has 3 N–H and O–H groups in total. The predicted molar refractivity (Wildman–Crippen MR) is 109 cm³/mol. The highest BCUT2D eigenvalue weighted by molar-refractivity contribution is 5.84. The van der Waals surface area contributed by atoms with Gasteiger partial charge in [-0.2, -0.15) is 4.98 Å². The van der Waals surface area contributed by atoms with Crippen molar-refractivity contribution in [2.24, 2.45) is 0 Å². The number of hydrogen-bond acceptors (Lipinski definition) is 7. The molecule has 3 aromatic rings. The van der Waals surface area contributed by atoms with E-state index < -0.39 is 6.10 Å². The number of aliphatic hydroxyl groups excluding tert-OH is 1. The predicted octanol–water partition coefficient (Wildman–Crippen LogP) is 2.48. The van der Waals surface area contributed by atoms with Crippen LogP contribution < -0.4 is 11.3 Å². The second-order valence-corrected chi connectivity index (χ2v) is 7.56. The molecule has 0 amide bonds. The molecule has 0 aliphatic heterocycles. The van der Waals surface area contributed by atoms with E-state index in [1.807, 2.05) is 6.92 Å². The first-order valence-electron chi connectivity index (χ1n) is 9.70. The molecular formula is C21H23N5O3. The fraction of sp³-hybridized carbons (Fsp3) is 0.381. The second-order valence-electron chi connectivity index (χ2n) is 7.56. The van der Waals surface area contributed by atoms with Crippen LogP contribution in [0.15, 0.2) is 29.2 Å². The number of nitrogens with two attached hydrogens (primary N) is 1. The number of aryl methyl sites for hydroxylation is 1. The van der Waals surface area contributed by atoms with Crippen LogP contribution in [0.5, 0.6) is 0 Å². The Balaban J connectivity index is 1.95. The number of nitrogen functional groups attached to an aromatic ring is 1. The quantitative estimate of drug-likeness (QED) is 0.700. The third-order valence-corrected chi connectivity index (χ3v) is 5.50. The zero-order chi connectivity index (χ0) is 20.7. The lowest BCUT2D eigenvalue weighted by atomic mass is 9.93. The summed E-state index contributed by atoms with van der Waals surface area (Å²) >= 11 is 0. The minimum absolute atomic E-state index is 0.116. The van der Waals surface area contributed by atoms with Crippen LogP contribution in [0.25, 0.3) is 22.2 Å². The van der Waals surface area contributed by atoms with E-state index in [9.17, 15) is 14.7 Å². The van der Waals surface area contributed by atoms with Gasteiger partial charge in [-0.25, -0.2) is 4.98 Å². The van der Waals surface area contributed by atoms with E-state index in [4.69, 9.17) is 5.73 Å². The molecule has 1 aliphatic rings. The monoisotopic (exact) mass is 393 g/mol. The summed E-state index contributed by atoms with van der Waals surface area (Å²) in [5.41, 5.74) is 8.52. The van der Waals surface area contributed by atoms with Gasteiger partial charge in [-0.3, -0.25) is 19.1 Å². The molecule has 150 valence electrons. The SMILES string of the molecule is Cc1nc(N)nc2c1cc(-c1ccc(C(C)O)nc1)c(=O)n2C1CCC(=O)CC1. The Labute approximate surface area is 167 Å². The first-order chi connectivity index (χ1) is 13.8. The van der Waals surface area contributed by atoms with Crippen LogP contribution in [0.1, 0.15) is 56.1 Å². The van der Waals surface area contributed by atoms with Gasteiger partial charge < -0.3 is 10.8 Å². The summed E-state index contributed by atoms with van der Waals surface area (Å²) in [4.78, 5) is 38.1. The molecule has 4 rings (SSSR count). The van der Waals surface area contributed by atoms with Crippen molar-refractivity contribution < 1.29 is 9.90 Å². The van der Waals surface area contributed by atoms with Crippen molar-refractivity contribution in [2.45, 2.75) is 51.7 Å². The average Bonchev–Trinajstić information content (AvgIpc) is 2.69. The van der Waals surface area contributed by atoms with E-state index in [-0.39, 0.29) is 23.3 Å². The van der Waals surface area contributed by atoms with Crippen LogP contribution in [0.4, 0.5) is 5.95 Å². The summed E-state index contributed by atoms with van der Waals surface area (Å²) in [6.07, 6.45) is 3.00. The maximum atomic E-state index is 13.5. The highest BCUT2D eigenvalue weighted by Gasteiger charge is 2.25. The van der Waals surface area contributed by atoms with E-state index in [0.29, 0.717) is 53.8 Å². The van der Waals surface area contributed by atoms with Crippen molar-refractivity contribution >= 4 is 22.8 Å². The number of ketones is 1. The highest BCUT2D eigenvalue weighted by Crippen LogP contribution is 2.30. The Morgan fingerprint density at radius 3 is 2.55 bits per heavy atom. The van der Waals surface area contributed by atoms with Gasteiger partial charge in [-0.15, -0.1) is 0 Å². The Hall–Kier alpha value is -3.13. The lowest BCUT2D eigenvalue weighted by Gasteiger charge is -2.25. The molecule has 29 heavy (non-hydrogen) atoms. The molecule has 0 spiro atoms. The molecule has 0 radical (unpaired) electrons. The van der Waals surface area contributed by atoms with E-state index >= 15 is 0 Å². The molecule has 3 aromatic heterocycles. The van der Waals surface area contributed by atoms with E-state index in [0.717, 1.165) is 5.39 Å². The molecule has 1 fully saturated rings. The molecule has 8 heteroatoms. The number of carbonyl (C=O) groups is 1. The van der Waals surface area contributed by atoms with Crippen molar-refractivity contribution in [1.29, 1.82) is 0 Å². The zero-order valence-electron chi connectivity index (χ0n) is 16.4. The Morgan fingerprint density at radius 2 is 1.93 bits per heavy atom. The number of aromatic nitrogens is 4. The molecule has 1 saturated carbocycles. The largest absolute Gasteiger partial charge is 0.387 e. The molecular weight excluding hydrogens is 370 g/mol. The number of nitrogens with zero attached hydrogens (tertiary/aromatic N) is 4. The molecule has 1 unspecified atom stereocenters. The van der Waals surface area contributed by atoms with Gasteiger partial charge in [0, 0.05) is 41.6 Å². The lowest BCUT2D eigenvalue weighted by molar-refractivity contribution is -0.120. The molecule has 0 saturated heterocycles. The van der Waals surface area contributed by atoms with Gasteiger partial charge in [0.2, 0.25) is 5.95 Å². The Kier molecular flexibility index (Phi) is 4.87. The molecule has 0 bridgehead atoms. The number of pyridine rings is 2. The van der Waals surface area contributed by atoms with Crippen molar-refractivity contribution in [2.75, 3.05) is 5.73 Å². The number of hydrogen-bond donors (Lipinski definition) is 2. The van der Waals surface area contributed by atoms with Gasteiger partial charge in [0.25, 0.3) is 5.56 Å². The third-order valence-electron chi connectivity index (χ3n) is 5.50. The van der Waals surface area contributed by atoms with E-state index in [1.54, 1.807) is 35.9 Å². The number of aliphatic hydroxyl groups is 1. The van der Waals surface area contributed by atoms with Gasteiger partial charge in [0.1, 0.15) is 11.4 Å². The second kappa shape index (κ2) is 7.36. The van der Waals surface area contributed by atoms with Gasteiger partial charge in [0.05, 0.1) is 17.5 Å². The normalized spacial score (nSPS) is 16.3. The minimum Gasteiger partial charge on any atom is -0.387 e. The maximum absolute atomic E-state index is 13.5. The average molecular weight is 393 g/mol. The maximum Gasteiger partial charge on any atom is 0.260 e. The smallest absolute Gasteiger partial charge is 0.260 e. The highest BCUT2D eigenvalue weighted by atomic mass is 16.3. The standard InChI is InChI=1S/C21H23N5O3/c1-11-16-9-17(13-3-8-18(12(2)27)23-10-13)20(29)26(19(16)25-21(22)24-11)14-4-6-15(28)7-5-14/h3,8-10,12,14,27H,4-7H2,1-2H3,(H2,22,24,25). The fourth-order valence-corrected chi connectivity index (χ4v) is 3.91. The molecule has 1 atom stereocenters. The van der Waals surface area contributed by atoms with Gasteiger partial charge in [-0.05, 0) is 38.8 Å². The van der Waals surface area contributed by atoms with Crippen LogP contribution in [-0.4, -0.2) is 30.4 Å². The van der Waals surface area contributed by atoms with Crippen LogP contribution in [0.2, 0.25) is 0 Å². The summed E-state index contributed by atoms with van der Waals surface area (Å²) in [6, 6.07) is 5.14. The van der Waals surface area contributed by atoms with E-state index in [1.165, 1.54) is 0 Å². The fourth-order valence-electron chi connectivity index (χ4n) is 3.91. The van der Waals surface area contributed by atoms with E-state index in [2.05, 4.69) is 15.0 Å². The van der Waals surface area contributed by atoms with Crippen molar-refractivity contribution in [3.05, 3.63) is 46.1 Å². The van der Waals surface area contributed by atoms with Crippen molar-refractivity contribution in [3.63, 3.8) is 0 Å². The number of carbonyl (C=O) groups excluding carboxylic acids is 1. The third kappa shape index (κ3) is 3.51. The Bertz CT molecular complexity index is 1140.